The van der Waals surface area contributed by atoms with Crippen molar-refractivity contribution in [1.82, 2.24) is 29.5 Å². The van der Waals surface area contributed by atoms with Gasteiger partial charge in [0, 0.05) is 44.6 Å². The van der Waals surface area contributed by atoms with E-state index in [4.69, 9.17) is 19.4 Å². The van der Waals surface area contributed by atoms with Crippen molar-refractivity contribution in [2.75, 3.05) is 52.6 Å². The number of fused-ring (bicyclic) bond motifs is 1. The Hall–Kier alpha value is -4.28. The molecule has 1 saturated carbocycles. The lowest BCUT2D eigenvalue weighted by Crippen LogP contribution is -2.37. The number of sulfonamides is 1. The lowest BCUT2D eigenvalue weighted by Gasteiger charge is -2.31. The minimum Gasteiger partial charge on any atom is -0.474 e. The molecule has 0 aromatic carbocycles. The fraction of sp³-hybridized carbons (Fsp3) is 0.483. The van der Waals surface area contributed by atoms with E-state index >= 15 is 0 Å². The van der Waals surface area contributed by atoms with Crippen molar-refractivity contribution in [2.45, 2.75) is 50.8 Å². The van der Waals surface area contributed by atoms with Gasteiger partial charge in [-0.3, -0.25) is 14.5 Å². The van der Waals surface area contributed by atoms with Gasteiger partial charge in [-0.15, -0.1) is 0 Å². The molecule has 2 fully saturated rings. The molecule has 45 heavy (non-hydrogen) atoms. The van der Waals surface area contributed by atoms with E-state index in [1.54, 1.807) is 49.3 Å². The maximum atomic E-state index is 13.2. The first kappa shape index (κ1) is 30.7. The molecule has 1 unspecified atom stereocenters. The number of anilines is 4. The minimum absolute atomic E-state index is 0.0807. The summed E-state index contributed by atoms with van der Waals surface area (Å²) in [5.74, 6) is 1.97. The lowest BCUT2D eigenvalue weighted by atomic mass is 9.93. The van der Waals surface area contributed by atoms with Crippen molar-refractivity contribution >= 4 is 44.3 Å². The third kappa shape index (κ3) is 6.72. The van der Waals surface area contributed by atoms with Crippen molar-refractivity contribution in [3.63, 3.8) is 0 Å². The normalized spacial score (nSPS) is 19.7. The summed E-state index contributed by atoms with van der Waals surface area (Å²) in [6, 6.07) is 5.04. The molecule has 16 heteroatoms. The molecule has 0 spiro atoms. The van der Waals surface area contributed by atoms with Gasteiger partial charge in [0.25, 0.3) is 0 Å². The Bertz CT molecular complexity index is 1720. The van der Waals surface area contributed by atoms with Crippen LogP contribution in [0.5, 0.6) is 5.88 Å². The number of aromatic nitrogens is 6. The molecule has 4 aromatic heterocycles. The molecule has 1 aliphatic heterocycles. The first-order valence-electron chi connectivity index (χ1n) is 15.0. The summed E-state index contributed by atoms with van der Waals surface area (Å²) >= 11 is 0. The van der Waals surface area contributed by atoms with E-state index in [0.29, 0.717) is 60.4 Å². The van der Waals surface area contributed by atoms with Gasteiger partial charge in [0.15, 0.2) is 0 Å². The lowest BCUT2D eigenvalue weighted by molar-refractivity contribution is 0.122. The zero-order valence-corrected chi connectivity index (χ0v) is 26.3. The Morgan fingerprint density at radius 1 is 1.07 bits per heavy atom. The monoisotopic (exact) mass is 638 g/mol. The van der Waals surface area contributed by atoms with E-state index in [2.05, 4.69) is 25.2 Å². The molecular weight excluding hydrogens is 600 g/mol. The molecule has 240 valence electrons. The second-order valence-electron chi connectivity index (χ2n) is 11.4. The van der Waals surface area contributed by atoms with Gasteiger partial charge in [0.1, 0.15) is 11.9 Å². The predicted octanol–water partition coefficient (Wildman–Crippen LogP) is 3.12. The van der Waals surface area contributed by atoms with Crippen LogP contribution in [0.1, 0.15) is 44.3 Å². The van der Waals surface area contributed by atoms with Crippen LogP contribution in [0.25, 0.3) is 10.9 Å². The second kappa shape index (κ2) is 13.0. The molecule has 5 heterocycles. The van der Waals surface area contributed by atoms with Crippen LogP contribution in [0, 0.1) is 0 Å². The zero-order chi connectivity index (χ0) is 31.6. The van der Waals surface area contributed by atoms with Crippen LogP contribution in [0.2, 0.25) is 0 Å². The number of imidazole rings is 1. The van der Waals surface area contributed by atoms with Gasteiger partial charge >= 0.3 is 0 Å². The van der Waals surface area contributed by atoms with E-state index in [1.807, 2.05) is 11.5 Å². The van der Waals surface area contributed by atoms with E-state index in [-0.39, 0.29) is 18.1 Å². The standard InChI is InChI=1S/C29H38N10O5S/c1-19(25-18-33-29(36-40)37(25)2)39(45(3,41)42)21-15-23-24(32-17-21)16-26(38-11-13-43-14-12-38)35-27(23)44-22-7-5-20(6-8-22)34-28-30-9-4-10-31-28/h4,9-10,15-20,22,40H,5-8,11-14H2,1-3H3,(H,33,36)(H,30,31,34). The molecule has 0 radical (unpaired) electrons. The first-order valence-corrected chi connectivity index (χ1v) is 16.8. The summed E-state index contributed by atoms with van der Waals surface area (Å²) < 4.78 is 41.5. The summed E-state index contributed by atoms with van der Waals surface area (Å²) in [5.41, 5.74) is 3.61. The Labute approximate surface area is 261 Å². The van der Waals surface area contributed by atoms with Crippen LogP contribution in [0.3, 0.4) is 0 Å². The summed E-state index contributed by atoms with van der Waals surface area (Å²) in [4.78, 5) is 24.5. The minimum atomic E-state index is -3.78. The quantitative estimate of drug-likeness (QED) is 0.217. The number of hydrogen-bond donors (Lipinski definition) is 3. The number of nitrogens with one attached hydrogen (secondary N) is 2. The van der Waals surface area contributed by atoms with Crippen LogP contribution in [-0.2, 0) is 21.8 Å². The fourth-order valence-electron chi connectivity index (χ4n) is 6.01. The van der Waals surface area contributed by atoms with Gasteiger partial charge in [-0.05, 0) is 44.7 Å². The number of pyridine rings is 2. The van der Waals surface area contributed by atoms with Gasteiger partial charge in [-0.2, -0.15) is 4.98 Å². The number of ether oxygens (including phenoxy) is 2. The highest BCUT2D eigenvalue weighted by Crippen LogP contribution is 2.36. The Morgan fingerprint density at radius 3 is 2.47 bits per heavy atom. The van der Waals surface area contributed by atoms with Gasteiger partial charge in [-0.1, -0.05) is 0 Å². The molecular formula is C29H38N10O5S. The summed E-state index contributed by atoms with van der Waals surface area (Å²) in [6.07, 6.45) is 10.9. The maximum Gasteiger partial charge on any atom is 0.232 e. The summed E-state index contributed by atoms with van der Waals surface area (Å²) in [6.45, 7) is 4.36. The predicted molar refractivity (Wildman–Crippen MR) is 169 cm³/mol. The number of rotatable bonds is 10. The second-order valence-corrected chi connectivity index (χ2v) is 13.2. The summed E-state index contributed by atoms with van der Waals surface area (Å²) in [5, 5.41) is 13.4. The molecule has 6 rings (SSSR count). The SMILES string of the molecule is CC(c1cnc(NO)n1C)N(c1cnc2cc(N3CCOCC3)nc(OC3CCC(Nc4ncccn4)CC3)c2c1)S(C)(=O)=O. The number of nitrogens with zero attached hydrogens (tertiary/aromatic N) is 8. The highest BCUT2D eigenvalue weighted by atomic mass is 32.2. The molecule has 4 aromatic rings. The number of hydrogen-bond acceptors (Lipinski definition) is 13. The first-order chi connectivity index (χ1) is 21.7. The third-order valence-corrected chi connectivity index (χ3v) is 9.56. The van der Waals surface area contributed by atoms with Crippen molar-refractivity contribution in [3.05, 3.63) is 48.7 Å². The number of morpholine rings is 1. The van der Waals surface area contributed by atoms with Crippen molar-refractivity contribution in [1.29, 1.82) is 0 Å². The average molecular weight is 639 g/mol. The van der Waals surface area contributed by atoms with Crippen LogP contribution >= 0.6 is 0 Å². The molecule has 1 atom stereocenters. The highest BCUT2D eigenvalue weighted by molar-refractivity contribution is 7.92. The third-order valence-electron chi connectivity index (χ3n) is 8.32. The van der Waals surface area contributed by atoms with Gasteiger partial charge in [0.05, 0.1) is 60.2 Å². The van der Waals surface area contributed by atoms with Crippen molar-refractivity contribution in [2.24, 2.45) is 7.05 Å². The molecule has 15 nitrogen and oxygen atoms in total. The molecule has 1 aliphatic carbocycles. The van der Waals surface area contributed by atoms with E-state index in [1.165, 1.54) is 10.5 Å². The van der Waals surface area contributed by atoms with E-state index in [0.717, 1.165) is 37.8 Å². The Balaban J connectivity index is 1.32. The van der Waals surface area contributed by atoms with Crippen LogP contribution in [-0.4, -0.2) is 87.8 Å². The largest absolute Gasteiger partial charge is 0.474 e. The maximum absolute atomic E-state index is 13.2. The average Bonchev–Trinajstić information content (AvgIpc) is 3.42. The summed E-state index contributed by atoms with van der Waals surface area (Å²) in [7, 11) is -2.09. The topological polar surface area (TPSA) is 173 Å². The van der Waals surface area contributed by atoms with Gasteiger partial charge in [-0.25, -0.2) is 28.8 Å². The van der Waals surface area contributed by atoms with Gasteiger partial charge in [0.2, 0.25) is 27.8 Å². The van der Waals surface area contributed by atoms with Crippen LogP contribution < -0.4 is 24.7 Å². The molecule has 0 bridgehead atoms. The van der Waals surface area contributed by atoms with E-state index < -0.39 is 16.1 Å². The fourth-order valence-corrected chi connectivity index (χ4v) is 7.18. The van der Waals surface area contributed by atoms with Crippen molar-refractivity contribution in [3.8, 4) is 5.88 Å². The van der Waals surface area contributed by atoms with E-state index in [9.17, 15) is 13.6 Å². The Morgan fingerprint density at radius 2 is 1.80 bits per heavy atom. The van der Waals surface area contributed by atoms with Crippen molar-refractivity contribution < 1.29 is 23.1 Å². The van der Waals surface area contributed by atoms with Crippen LogP contribution in [0.15, 0.2) is 43.0 Å². The highest BCUT2D eigenvalue weighted by Gasteiger charge is 2.30. The zero-order valence-electron chi connectivity index (χ0n) is 25.5. The molecule has 2 aliphatic rings. The molecule has 3 N–H and O–H groups in total. The van der Waals surface area contributed by atoms with Crippen LogP contribution in [0.4, 0.5) is 23.4 Å². The van der Waals surface area contributed by atoms with Gasteiger partial charge < -0.3 is 24.3 Å². The molecule has 0 amide bonds. The molecule has 1 saturated heterocycles. The smallest absolute Gasteiger partial charge is 0.232 e. The Kier molecular flexibility index (Phi) is 8.87.